The second kappa shape index (κ2) is 3.84. The predicted octanol–water partition coefficient (Wildman–Crippen LogP) is -2.12. The number of carbonyl (C=O) groups is 3. The van der Waals surface area contributed by atoms with Crippen LogP contribution in [-0.4, -0.2) is 44.7 Å². The van der Waals surface area contributed by atoms with Crippen LogP contribution in [0.3, 0.4) is 0 Å². The zero-order valence-corrected chi connectivity index (χ0v) is 7.67. The highest BCUT2D eigenvalue weighted by Gasteiger charge is 2.32. The summed E-state index contributed by atoms with van der Waals surface area (Å²) in [5.74, 6) is -2.70. The van der Waals surface area contributed by atoms with E-state index in [1.54, 1.807) is 0 Å². The lowest BCUT2D eigenvalue weighted by Gasteiger charge is -2.16. The van der Waals surface area contributed by atoms with Crippen LogP contribution >= 0.6 is 0 Å². The minimum absolute atomic E-state index is 0.0162. The third-order valence-electron chi connectivity index (χ3n) is 1.71. The van der Waals surface area contributed by atoms with Crippen molar-refractivity contribution < 1.29 is 14.4 Å². The number of urea groups is 1. The van der Waals surface area contributed by atoms with Crippen molar-refractivity contribution in [2.45, 2.75) is 0 Å². The molecule has 4 amide bonds. The van der Waals surface area contributed by atoms with Crippen molar-refractivity contribution >= 4 is 30.0 Å². The number of rotatable bonds is 2. The fourth-order valence-electron chi connectivity index (χ4n) is 1.02. The van der Waals surface area contributed by atoms with Crippen molar-refractivity contribution in [1.82, 2.24) is 31.3 Å². The molecule has 10 heteroatoms. The van der Waals surface area contributed by atoms with Gasteiger partial charge in [-0.15, -0.1) is 5.10 Å². The van der Waals surface area contributed by atoms with Crippen molar-refractivity contribution in [3.05, 3.63) is 0 Å². The van der Waals surface area contributed by atoms with Gasteiger partial charge in [0.1, 0.15) is 0 Å². The number of barbiturate groups is 1. The Kier molecular flexibility index (Phi) is 2.37. The number of aromatic amines is 1. The molecular formula is C6H5N7O3. The molecule has 3 N–H and O–H groups in total. The molecule has 0 saturated carbocycles. The van der Waals surface area contributed by atoms with E-state index < -0.39 is 23.8 Å². The highest BCUT2D eigenvalue weighted by molar-refractivity contribution is 6.23. The van der Waals surface area contributed by atoms with Crippen LogP contribution in [0.4, 0.5) is 10.7 Å². The van der Waals surface area contributed by atoms with Crippen molar-refractivity contribution in [2.24, 2.45) is 10.9 Å². The van der Waals surface area contributed by atoms with Gasteiger partial charge in [-0.25, -0.2) is 9.79 Å². The molecule has 0 radical (unpaired) electrons. The second-order valence-electron chi connectivity index (χ2n) is 2.78. The lowest BCUT2D eigenvalue weighted by Crippen LogP contribution is -2.56. The quantitative estimate of drug-likeness (QED) is 0.386. The maximum absolute atomic E-state index is 11.2. The van der Waals surface area contributed by atoms with Crippen LogP contribution in [0, 0.1) is 5.92 Å². The fourth-order valence-corrected chi connectivity index (χ4v) is 1.02. The monoisotopic (exact) mass is 223 g/mol. The molecule has 0 atom stereocenters. The minimum Gasteiger partial charge on any atom is -0.277 e. The van der Waals surface area contributed by atoms with Crippen molar-refractivity contribution in [2.75, 3.05) is 0 Å². The van der Waals surface area contributed by atoms with Gasteiger partial charge < -0.3 is 0 Å². The molecule has 2 rings (SSSR count). The Hall–Kier alpha value is -2.65. The summed E-state index contributed by atoms with van der Waals surface area (Å²) in [5, 5.41) is 16.2. The lowest BCUT2D eigenvalue weighted by atomic mass is 10.1. The lowest BCUT2D eigenvalue weighted by molar-refractivity contribution is -0.132. The van der Waals surface area contributed by atoms with Gasteiger partial charge in [-0.1, -0.05) is 5.10 Å². The van der Waals surface area contributed by atoms with Crippen LogP contribution in [0.5, 0.6) is 0 Å². The molecule has 0 aromatic carbocycles. The van der Waals surface area contributed by atoms with E-state index in [-0.39, 0.29) is 5.95 Å². The summed E-state index contributed by atoms with van der Waals surface area (Å²) in [4.78, 5) is 36.8. The van der Waals surface area contributed by atoms with Crippen LogP contribution < -0.4 is 10.6 Å². The molecule has 1 saturated heterocycles. The number of imide groups is 2. The number of nitrogens with one attached hydrogen (secondary N) is 3. The average Bonchev–Trinajstić information content (AvgIpc) is 2.68. The molecule has 0 bridgehead atoms. The Bertz CT molecular complexity index is 444. The standard InChI is InChI=1S/C6H5N7O3/c14-3-2(4(15)9-6(16)8-3)1-7-5-10-12-13-11-5/h1-2H,(H,10,11,12,13)(H2,8,9,14,15,16)/b7-1+. The van der Waals surface area contributed by atoms with Gasteiger partial charge in [0.25, 0.3) is 5.95 Å². The summed E-state index contributed by atoms with van der Waals surface area (Å²) < 4.78 is 0. The van der Waals surface area contributed by atoms with E-state index in [2.05, 4.69) is 25.6 Å². The molecule has 1 aliphatic heterocycles. The molecule has 2 heterocycles. The summed E-state index contributed by atoms with van der Waals surface area (Å²) in [6.07, 6.45) is 1.03. The van der Waals surface area contributed by atoms with Crippen LogP contribution in [0.15, 0.2) is 4.99 Å². The number of hydrogen-bond donors (Lipinski definition) is 3. The average molecular weight is 223 g/mol. The number of amides is 4. The van der Waals surface area contributed by atoms with E-state index >= 15 is 0 Å². The second-order valence-corrected chi connectivity index (χ2v) is 2.78. The molecule has 1 fully saturated rings. The van der Waals surface area contributed by atoms with Crippen molar-refractivity contribution in [3.63, 3.8) is 0 Å². The third kappa shape index (κ3) is 1.89. The zero-order valence-electron chi connectivity index (χ0n) is 7.67. The number of nitrogens with zero attached hydrogens (tertiary/aromatic N) is 4. The molecule has 1 aromatic rings. The van der Waals surface area contributed by atoms with Crippen LogP contribution in [0.1, 0.15) is 0 Å². The molecule has 0 spiro atoms. The molecule has 1 aliphatic rings. The summed E-state index contributed by atoms with van der Waals surface area (Å²) in [6, 6.07) is -0.848. The first-order chi connectivity index (χ1) is 7.66. The van der Waals surface area contributed by atoms with Crippen LogP contribution in [0.25, 0.3) is 0 Å². The molecule has 16 heavy (non-hydrogen) atoms. The largest absolute Gasteiger partial charge is 0.328 e. The van der Waals surface area contributed by atoms with E-state index in [0.29, 0.717) is 0 Å². The number of carbonyl (C=O) groups excluding carboxylic acids is 3. The smallest absolute Gasteiger partial charge is 0.277 e. The Morgan fingerprint density at radius 1 is 1.19 bits per heavy atom. The summed E-state index contributed by atoms with van der Waals surface area (Å²) in [7, 11) is 0. The van der Waals surface area contributed by atoms with E-state index in [0.717, 1.165) is 6.21 Å². The number of tetrazole rings is 1. The van der Waals surface area contributed by atoms with Crippen molar-refractivity contribution in [1.29, 1.82) is 0 Å². The van der Waals surface area contributed by atoms with E-state index in [9.17, 15) is 14.4 Å². The van der Waals surface area contributed by atoms with E-state index in [4.69, 9.17) is 0 Å². The maximum Gasteiger partial charge on any atom is 0.328 e. The number of H-pyrrole nitrogens is 1. The number of aromatic nitrogens is 4. The van der Waals surface area contributed by atoms with Gasteiger partial charge in [0.15, 0.2) is 5.92 Å². The Morgan fingerprint density at radius 3 is 2.44 bits per heavy atom. The summed E-state index contributed by atoms with van der Waals surface area (Å²) in [6.45, 7) is 0. The van der Waals surface area contributed by atoms with Gasteiger partial charge in [-0.2, -0.15) is 5.21 Å². The SMILES string of the molecule is O=C1NC(=O)C(/C=N/c2nn[nH]n2)C(=O)N1. The van der Waals surface area contributed by atoms with E-state index in [1.165, 1.54) is 0 Å². The highest BCUT2D eigenvalue weighted by Crippen LogP contribution is 2.02. The van der Waals surface area contributed by atoms with Gasteiger partial charge in [-0.05, 0) is 5.21 Å². The van der Waals surface area contributed by atoms with Gasteiger partial charge in [0.2, 0.25) is 11.8 Å². The Morgan fingerprint density at radius 2 is 1.88 bits per heavy atom. The first-order valence-corrected chi connectivity index (χ1v) is 4.10. The van der Waals surface area contributed by atoms with Gasteiger partial charge in [0.05, 0.1) is 0 Å². The Balaban J connectivity index is 2.12. The Labute approximate surface area is 87.5 Å². The zero-order chi connectivity index (χ0) is 11.5. The normalized spacial score (nSPS) is 17.6. The summed E-state index contributed by atoms with van der Waals surface area (Å²) >= 11 is 0. The maximum atomic E-state index is 11.2. The fraction of sp³-hybridized carbons (Fsp3) is 0.167. The first-order valence-electron chi connectivity index (χ1n) is 4.10. The van der Waals surface area contributed by atoms with Crippen LogP contribution in [0.2, 0.25) is 0 Å². The minimum atomic E-state index is -1.18. The van der Waals surface area contributed by atoms with Gasteiger partial charge in [-0.3, -0.25) is 20.2 Å². The van der Waals surface area contributed by atoms with Crippen LogP contribution in [-0.2, 0) is 9.59 Å². The number of hydrogen-bond acceptors (Lipinski definition) is 7. The third-order valence-corrected chi connectivity index (χ3v) is 1.71. The molecule has 0 unspecified atom stereocenters. The molecule has 1 aromatic heterocycles. The highest BCUT2D eigenvalue weighted by atomic mass is 16.2. The van der Waals surface area contributed by atoms with Crippen molar-refractivity contribution in [3.8, 4) is 0 Å². The molecule has 0 aliphatic carbocycles. The number of aliphatic imine (C=N–C) groups is 1. The molecule has 10 nitrogen and oxygen atoms in total. The first kappa shape index (κ1) is 9.89. The topological polar surface area (TPSA) is 142 Å². The predicted molar refractivity (Wildman–Crippen MR) is 47.5 cm³/mol. The molecule has 82 valence electrons. The summed E-state index contributed by atoms with van der Waals surface area (Å²) in [5.41, 5.74) is 0. The van der Waals surface area contributed by atoms with Gasteiger partial charge >= 0.3 is 6.03 Å². The molecular weight excluding hydrogens is 218 g/mol. The van der Waals surface area contributed by atoms with Gasteiger partial charge in [0, 0.05) is 6.21 Å². The van der Waals surface area contributed by atoms with E-state index in [1.807, 2.05) is 10.6 Å².